The van der Waals surface area contributed by atoms with Gasteiger partial charge in [-0.3, -0.25) is 4.90 Å². The molecule has 0 aromatic carbocycles. The minimum atomic E-state index is -0.208. The zero-order valence-electron chi connectivity index (χ0n) is 8.95. The molecule has 13 heavy (non-hydrogen) atoms. The van der Waals surface area contributed by atoms with Crippen LogP contribution in [0.4, 0.5) is 0 Å². The summed E-state index contributed by atoms with van der Waals surface area (Å²) in [6.07, 6.45) is 1.86. The molecule has 1 heterocycles. The third-order valence-electron chi connectivity index (χ3n) is 2.87. The van der Waals surface area contributed by atoms with E-state index in [1.54, 1.807) is 0 Å². The van der Waals surface area contributed by atoms with E-state index in [4.69, 9.17) is 0 Å². The Morgan fingerprint density at radius 3 is 2.62 bits per heavy atom. The van der Waals surface area contributed by atoms with Crippen molar-refractivity contribution in [2.24, 2.45) is 5.92 Å². The van der Waals surface area contributed by atoms with E-state index in [-0.39, 0.29) is 6.23 Å². The van der Waals surface area contributed by atoms with Crippen LogP contribution in [0.25, 0.3) is 0 Å². The lowest BCUT2D eigenvalue weighted by atomic mass is 10.0. The maximum Gasteiger partial charge on any atom is 0.107 e. The van der Waals surface area contributed by atoms with Gasteiger partial charge in [0.15, 0.2) is 0 Å². The second kappa shape index (κ2) is 4.94. The number of nitrogens with zero attached hydrogens (tertiary/aromatic N) is 1. The van der Waals surface area contributed by atoms with Crippen molar-refractivity contribution < 1.29 is 5.11 Å². The smallest absolute Gasteiger partial charge is 0.107 e. The lowest BCUT2D eigenvalue weighted by Gasteiger charge is -2.33. The quantitative estimate of drug-likeness (QED) is 0.676. The fraction of sp³-hybridized carbons (Fsp3) is 1.00. The third kappa shape index (κ3) is 2.66. The number of nitrogens with one attached hydrogen (secondary N) is 1. The molecule has 3 nitrogen and oxygen atoms in total. The SMILES string of the molecule is CNCC(C(C)C)N1CCCC1O. The summed E-state index contributed by atoms with van der Waals surface area (Å²) in [5.74, 6) is 0.597. The van der Waals surface area contributed by atoms with E-state index in [0.29, 0.717) is 12.0 Å². The summed E-state index contributed by atoms with van der Waals surface area (Å²) < 4.78 is 0. The van der Waals surface area contributed by atoms with Gasteiger partial charge in [-0.2, -0.15) is 0 Å². The maximum absolute atomic E-state index is 9.73. The topological polar surface area (TPSA) is 35.5 Å². The molecule has 0 aromatic rings. The lowest BCUT2D eigenvalue weighted by Crippen LogP contribution is -2.47. The van der Waals surface area contributed by atoms with Crippen LogP contribution in [0.5, 0.6) is 0 Å². The highest BCUT2D eigenvalue weighted by molar-refractivity contribution is 4.82. The molecule has 1 saturated heterocycles. The van der Waals surface area contributed by atoms with Crippen LogP contribution in [0.1, 0.15) is 26.7 Å². The van der Waals surface area contributed by atoms with Gasteiger partial charge in [-0.05, 0) is 25.8 Å². The van der Waals surface area contributed by atoms with E-state index in [1.807, 2.05) is 7.05 Å². The molecule has 0 radical (unpaired) electrons. The maximum atomic E-state index is 9.73. The summed E-state index contributed by atoms with van der Waals surface area (Å²) in [5.41, 5.74) is 0. The predicted octanol–water partition coefficient (Wildman–Crippen LogP) is 0.645. The number of likely N-dealkylation sites (tertiary alicyclic amines) is 1. The van der Waals surface area contributed by atoms with Gasteiger partial charge in [-0.1, -0.05) is 13.8 Å². The van der Waals surface area contributed by atoms with Crippen molar-refractivity contribution in [3.05, 3.63) is 0 Å². The van der Waals surface area contributed by atoms with E-state index < -0.39 is 0 Å². The second-order valence-electron chi connectivity index (χ2n) is 4.23. The van der Waals surface area contributed by atoms with E-state index in [2.05, 4.69) is 24.1 Å². The summed E-state index contributed by atoms with van der Waals surface area (Å²) in [5, 5.41) is 12.9. The molecule has 0 amide bonds. The Morgan fingerprint density at radius 1 is 1.54 bits per heavy atom. The van der Waals surface area contributed by atoms with Gasteiger partial charge in [0.25, 0.3) is 0 Å². The molecule has 1 rings (SSSR count). The first-order valence-corrected chi connectivity index (χ1v) is 5.25. The van der Waals surface area contributed by atoms with Crippen LogP contribution in [0.15, 0.2) is 0 Å². The minimum absolute atomic E-state index is 0.208. The zero-order valence-corrected chi connectivity index (χ0v) is 8.95. The Balaban J connectivity index is 2.52. The van der Waals surface area contributed by atoms with Crippen molar-refractivity contribution in [2.45, 2.75) is 39.0 Å². The number of likely N-dealkylation sites (N-methyl/N-ethyl adjacent to an activating group) is 1. The lowest BCUT2D eigenvalue weighted by molar-refractivity contribution is -0.00408. The van der Waals surface area contributed by atoms with Crippen LogP contribution >= 0.6 is 0 Å². The Kier molecular flexibility index (Phi) is 4.16. The Labute approximate surface area is 81.1 Å². The normalized spacial score (nSPS) is 27.0. The molecule has 0 bridgehead atoms. The van der Waals surface area contributed by atoms with Crippen LogP contribution in [0, 0.1) is 5.92 Å². The molecular weight excluding hydrogens is 164 g/mol. The molecule has 2 atom stereocenters. The number of hydrogen-bond acceptors (Lipinski definition) is 3. The molecule has 0 aliphatic carbocycles. The monoisotopic (exact) mass is 186 g/mol. The molecule has 0 saturated carbocycles. The first kappa shape index (κ1) is 11.0. The van der Waals surface area contributed by atoms with Crippen LogP contribution in [0.3, 0.4) is 0 Å². The molecule has 78 valence electrons. The summed E-state index contributed by atoms with van der Waals surface area (Å²) in [7, 11) is 1.97. The van der Waals surface area contributed by atoms with Gasteiger partial charge in [0.2, 0.25) is 0 Å². The largest absolute Gasteiger partial charge is 0.378 e. The molecular formula is C10H22N2O. The molecule has 2 unspecified atom stereocenters. The third-order valence-corrected chi connectivity index (χ3v) is 2.87. The van der Waals surface area contributed by atoms with Gasteiger partial charge in [0.05, 0.1) is 0 Å². The minimum Gasteiger partial charge on any atom is -0.378 e. The van der Waals surface area contributed by atoms with Crippen molar-refractivity contribution in [3.63, 3.8) is 0 Å². The Bertz CT molecular complexity index is 150. The Morgan fingerprint density at radius 2 is 2.23 bits per heavy atom. The standard InChI is InChI=1S/C10H22N2O/c1-8(2)9(7-11-3)12-6-4-5-10(12)13/h8-11,13H,4-7H2,1-3H3. The van der Waals surface area contributed by atoms with Gasteiger partial charge >= 0.3 is 0 Å². The Hall–Kier alpha value is -0.120. The zero-order chi connectivity index (χ0) is 9.84. The van der Waals surface area contributed by atoms with E-state index in [1.165, 1.54) is 0 Å². The summed E-state index contributed by atoms with van der Waals surface area (Å²) in [4.78, 5) is 2.22. The molecule has 1 fully saturated rings. The highest BCUT2D eigenvalue weighted by atomic mass is 16.3. The number of aliphatic hydroxyl groups excluding tert-OH is 1. The average molecular weight is 186 g/mol. The van der Waals surface area contributed by atoms with Gasteiger partial charge in [-0.25, -0.2) is 0 Å². The fourth-order valence-corrected chi connectivity index (χ4v) is 2.10. The molecule has 1 aliphatic rings. The van der Waals surface area contributed by atoms with Crippen molar-refractivity contribution in [1.82, 2.24) is 10.2 Å². The van der Waals surface area contributed by atoms with E-state index in [0.717, 1.165) is 25.9 Å². The highest BCUT2D eigenvalue weighted by Crippen LogP contribution is 2.21. The van der Waals surface area contributed by atoms with Crippen LogP contribution in [-0.4, -0.2) is 42.4 Å². The van der Waals surface area contributed by atoms with E-state index in [9.17, 15) is 5.11 Å². The van der Waals surface area contributed by atoms with E-state index >= 15 is 0 Å². The van der Waals surface area contributed by atoms with Gasteiger partial charge < -0.3 is 10.4 Å². The van der Waals surface area contributed by atoms with Gasteiger partial charge in [0.1, 0.15) is 6.23 Å². The van der Waals surface area contributed by atoms with Crippen LogP contribution in [0.2, 0.25) is 0 Å². The number of aliphatic hydroxyl groups is 1. The second-order valence-corrected chi connectivity index (χ2v) is 4.23. The van der Waals surface area contributed by atoms with Crippen LogP contribution in [-0.2, 0) is 0 Å². The highest BCUT2D eigenvalue weighted by Gasteiger charge is 2.30. The summed E-state index contributed by atoms with van der Waals surface area (Å²) in [6.45, 7) is 6.44. The molecule has 0 aromatic heterocycles. The summed E-state index contributed by atoms with van der Waals surface area (Å²) in [6, 6.07) is 0.475. The molecule has 1 aliphatic heterocycles. The first-order valence-electron chi connectivity index (χ1n) is 5.25. The van der Waals surface area contributed by atoms with Crippen molar-refractivity contribution in [3.8, 4) is 0 Å². The number of hydrogen-bond donors (Lipinski definition) is 2. The summed E-state index contributed by atoms with van der Waals surface area (Å²) >= 11 is 0. The average Bonchev–Trinajstić information content (AvgIpc) is 2.47. The van der Waals surface area contributed by atoms with Crippen molar-refractivity contribution in [2.75, 3.05) is 20.1 Å². The van der Waals surface area contributed by atoms with Crippen LogP contribution < -0.4 is 5.32 Å². The van der Waals surface area contributed by atoms with Gasteiger partial charge in [0, 0.05) is 19.1 Å². The fourth-order valence-electron chi connectivity index (χ4n) is 2.10. The number of rotatable bonds is 4. The molecule has 2 N–H and O–H groups in total. The predicted molar refractivity (Wildman–Crippen MR) is 54.5 cm³/mol. The van der Waals surface area contributed by atoms with Crippen molar-refractivity contribution >= 4 is 0 Å². The van der Waals surface area contributed by atoms with Gasteiger partial charge in [-0.15, -0.1) is 0 Å². The molecule has 3 heteroatoms. The van der Waals surface area contributed by atoms with Crippen molar-refractivity contribution in [1.29, 1.82) is 0 Å². The molecule has 0 spiro atoms. The first-order chi connectivity index (χ1) is 6.16.